The molecule has 2 nitrogen and oxygen atoms in total. The highest BCUT2D eigenvalue weighted by atomic mass is 17.1. The Morgan fingerprint density at radius 3 is 2.70 bits per heavy atom. The predicted molar refractivity (Wildman–Crippen MR) is 39.6 cm³/mol. The molecule has 0 saturated carbocycles. The van der Waals surface area contributed by atoms with Gasteiger partial charge in [0.1, 0.15) is 6.10 Å². The van der Waals surface area contributed by atoms with Crippen LogP contribution in [-0.4, -0.2) is 11.4 Å². The SMILES string of the molecule is C=CC1C=CC(OO)CC1. The molecule has 0 amide bonds. The van der Waals surface area contributed by atoms with Gasteiger partial charge in [-0.05, 0) is 18.8 Å². The van der Waals surface area contributed by atoms with E-state index in [9.17, 15) is 0 Å². The molecule has 1 aliphatic rings. The van der Waals surface area contributed by atoms with Crippen molar-refractivity contribution in [3.63, 3.8) is 0 Å². The molecule has 0 aromatic heterocycles. The van der Waals surface area contributed by atoms with Crippen LogP contribution in [0.25, 0.3) is 0 Å². The van der Waals surface area contributed by atoms with Gasteiger partial charge in [-0.2, -0.15) is 0 Å². The molecular weight excluding hydrogens is 128 g/mol. The van der Waals surface area contributed by atoms with E-state index in [2.05, 4.69) is 11.5 Å². The summed E-state index contributed by atoms with van der Waals surface area (Å²) in [6.45, 7) is 3.68. The molecule has 1 N–H and O–H groups in total. The Hall–Kier alpha value is -0.600. The first-order chi connectivity index (χ1) is 4.86. The maximum Gasteiger partial charge on any atom is 0.111 e. The summed E-state index contributed by atoms with van der Waals surface area (Å²) in [6, 6.07) is 0. The molecule has 0 aliphatic heterocycles. The molecular formula is C8H12O2. The second-order valence-corrected chi connectivity index (χ2v) is 2.51. The Balaban J connectivity index is 2.43. The highest BCUT2D eigenvalue weighted by molar-refractivity contribution is 5.04. The fourth-order valence-electron chi connectivity index (χ4n) is 1.10. The lowest BCUT2D eigenvalue weighted by atomic mass is 9.95. The van der Waals surface area contributed by atoms with Crippen LogP contribution in [0.5, 0.6) is 0 Å². The van der Waals surface area contributed by atoms with Crippen molar-refractivity contribution < 1.29 is 10.1 Å². The molecule has 0 spiro atoms. The van der Waals surface area contributed by atoms with Crippen molar-refractivity contribution in [3.8, 4) is 0 Å². The average Bonchev–Trinajstić information content (AvgIpc) is 2.05. The molecule has 2 unspecified atom stereocenters. The van der Waals surface area contributed by atoms with E-state index in [1.807, 2.05) is 18.2 Å². The van der Waals surface area contributed by atoms with E-state index in [1.54, 1.807) is 0 Å². The second kappa shape index (κ2) is 3.54. The van der Waals surface area contributed by atoms with Gasteiger partial charge < -0.3 is 0 Å². The summed E-state index contributed by atoms with van der Waals surface area (Å²) in [5, 5.41) is 8.27. The summed E-state index contributed by atoms with van der Waals surface area (Å²) >= 11 is 0. The lowest BCUT2D eigenvalue weighted by molar-refractivity contribution is -0.268. The Bertz CT molecular complexity index is 140. The van der Waals surface area contributed by atoms with E-state index in [-0.39, 0.29) is 6.10 Å². The van der Waals surface area contributed by atoms with Crippen LogP contribution >= 0.6 is 0 Å². The third-order valence-electron chi connectivity index (χ3n) is 1.80. The van der Waals surface area contributed by atoms with Gasteiger partial charge in [0, 0.05) is 0 Å². The van der Waals surface area contributed by atoms with Crippen LogP contribution in [0.3, 0.4) is 0 Å². The minimum absolute atomic E-state index is 0.101. The molecule has 0 saturated heterocycles. The second-order valence-electron chi connectivity index (χ2n) is 2.51. The predicted octanol–water partition coefficient (Wildman–Crippen LogP) is 2.00. The van der Waals surface area contributed by atoms with E-state index in [4.69, 9.17) is 5.26 Å². The maximum atomic E-state index is 8.27. The number of allylic oxidation sites excluding steroid dienone is 2. The summed E-state index contributed by atoms with van der Waals surface area (Å²) < 4.78 is 0. The van der Waals surface area contributed by atoms with Gasteiger partial charge in [-0.3, -0.25) is 5.26 Å². The molecule has 0 fully saturated rings. The third-order valence-corrected chi connectivity index (χ3v) is 1.80. The average molecular weight is 140 g/mol. The van der Waals surface area contributed by atoms with E-state index < -0.39 is 0 Å². The highest BCUT2D eigenvalue weighted by Crippen LogP contribution is 2.19. The first kappa shape index (κ1) is 7.51. The van der Waals surface area contributed by atoms with Crippen LogP contribution in [0, 0.1) is 5.92 Å². The molecule has 0 radical (unpaired) electrons. The summed E-state index contributed by atoms with van der Waals surface area (Å²) in [4.78, 5) is 4.16. The minimum atomic E-state index is -0.101. The normalized spacial score (nSPS) is 32.1. The topological polar surface area (TPSA) is 29.5 Å². The maximum absolute atomic E-state index is 8.27. The fourth-order valence-corrected chi connectivity index (χ4v) is 1.10. The molecule has 2 heteroatoms. The Kier molecular flexibility index (Phi) is 2.66. The Morgan fingerprint density at radius 2 is 2.30 bits per heavy atom. The van der Waals surface area contributed by atoms with E-state index >= 15 is 0 Å². The Morgan fingerprint density at radius 1 is 1.50 bits per heavy atom. The molecule has 1 aliphatic carbocycles. The first-order valence-corrected chi connectivity index (χ1v) is 3.48. The van der Waals surface area contributed by atoms with Crippen molar-refractivity contribution in [2.24, 2.45) is 5.92 Å². The molecule has 0 aromatic carbocycles. The summed E-state index contributed by atoms with van der Waals surface area (Å²) in [5.74, 6) is 0.464. The van der Waals surface area contributed by atoms with Crippen molar-refractivity contribution in [2.75, 3.05) is 0 Å². The van der Waals surface area contributed by atoms with Crippen molar-refractivity contribution in [3.05, 3.63) is 24.8 Å². The zero-order valence-electron chi connectivity index (χ0n) is 5.86. The van der Waals surface area contributed by atoms with Gasteiger partial charge in [0.2, 0.25) is 0 Å². The third kappa shape index (κ3) is 1.69. The fraction of sp³-hybridized carbons (Fsp3) is 0.500. The van der Waals surface area contributed by atoms with Crippen LogP contribution in [-0.2, 0) is 4.89 Å². The molecule has 0 heterocycles. The van der Waals surface area contributed by atoms with E-state index in [0.29, 0.717) is 5.92 Å². The van der Waals surface area contributed by atoms with Gasteiger partial charge in [0.05, 0.1) is 0 Å². The van der Waals surface area contributed by atoms with Gasteiger partial charge in [0.15, 0.2) is 0 Å². The van der Waals surface area contributed by atoms with E-state index in [1.165, 1.54) is 0 Å². The molecule has 2 atom stereocenters. The molecule has 0 aromatic rings. The summed E-state index contributed by atoms with van der Waals surface area (Å²) in [7, 11) is 0. The van der Waals surface area contributed by atoms with Crippen LogP contribution in [0.15, 0.2) is 24.8 Å². The van der Waals surface area contributed by atoms with E-state index in [0.717, 1.165) is 12.8 Å². The Labute approximate surface area is 60.7 Å². The van der Waals surface area contributed by atoms with Gasteiger partial charge in [-0.1, -0.05) is 18.2 Å². The van der Waals surface area contributed by atoms with Crippen LogP contribution in [0.4, 0.5) is 0 Å². The highest BCUT2D eigenvalue weighted by Gasteiger charge is 2.12. The molecule has 1 rings (SSSR count). The minimum Gasteiger partial charge on any atom is -0.251 e. The number of hydrogen-bond acceptors (Lipinski definition) is 2. The lowest BCUT2D eigenvalue weighted by Crippen LogP contribution is -2.13. The van der Waals surface area contributed by atoms with Gasteiger partial charge >= 0.3 is 0 Å². The summed E-state index contributed by atoms with van der Waals surface area (Å²) in [5.41, 5.74) is 0. The first-order valence-electron chi connectivity index (χ1n) is 3.48. The van der Waals surface area contributed by atoms with Crippen molar-refractivity contribution in [1.82, 2.24) is 0 Å². The molecule has 0 bridgehead atoms. The smallest absolute Gasteiger partial charge is 0.111 e. The zero-order valence-corrected chi connectivity index (χ0v) is 5.86. The summed E-state index contributed by atoms with van der Waals surface area (Å²) in [6.07, 6.45) is 7.59. The van der Waals surface area contributed by atoms with Gasteiger partial charge in [-0.15, -0.1) is 6.58 Å². The van der Waals surface area contributed by atoms with Crippen molar-refractivity contribution in [2.45, 2.75) is 18.9 Å². The largest absolute Gasteiger partial charge is 0.251 e. The zero-order chi connectivity index (χ0) is 7.40. The van der Waals surface area contributed by atoms with Gasteiger partial charge in [0.25, 0.3) is 0 Å². The van der Waals surface area contributed by atoms with Crippen LogP contribution < -0.4 is 0 Å². The van der Waals surface area contributed by atoms with Crippen LogP contribution in [0.2, 0.25) is 0 Å². The molecule has 10 heavy (non-hydrogen) atoms. The quantitative estimate of drug-likeness (QED) is 0.361. The van der Waals surface area contributed by atoms with Crippen LogP contribution in [0.1, 0.15) is 12.8 Å². The van der Waals surface area contributed by atoms with Crippen molar-refractivity contribution >= 4 is 0 Å². The standard InChI is InChI=1S/C8H12O2/c1-2-7-3-5-8(10-9)6-4-7/h2-3,5,7-9H,1,4,6H2. The van der Waals surface area contributed by atoms with Gasteiger partial charge in [-0.25, -0.2) is 4.89 Å². The number of hydrogen-bond donors (Lipinski definition) is 1. The lowest BCUT2D eigenvalue weighted by Gasteiger charge is -2.17. The molecule has 56 valence electrons. The van der Waals surface area contributed by atoms with Crippen molar-refractivity contribution in [1.29, 1.82) is 0 Å². The monoisotopic (exact) mass is 140 g/mol. The number of rotatable bonds is 2.